The molecule has 1 aromatic carbocycles. The van der Waals surface area contributed by atoms with Crippen LogP contribution in [0.2, 0.25) is 0 Å². The van der Waals surface area contributed by atoms with Crippen molar-refractivity contribution in [2.75, 3.05) is 13.1 Å². The molecule has 2 aliphatic heterocycles. The minimum atomic E-state index is -0.370. The van der Waals surface area contributed by atoms with E-state index in [2.05, 4.69) is 9.89 Å². The molecule has 17 heavy (non-hydrogen) atoms. The third-order valence-electron chi connectivity index (χ3n) is 2.72. The Morgan fingerprint density at radius 1 is 1.47 bits per heavy atom. The van der Waals surface area contributed by atoms with E-state index in [-0.39, 0.29) is 10.6 Å². The van der Waals surface area contributed by atoms with Crippen LogP contribution in [0.3, 0.4) is 0 Å². The van der Waals surface area contributed by atoms with Crippen LogP contribution in [0.25, 0.3) is 5.70 Å². The number of nitrogens with zero attached hydrogens (tertiary/aromatic N) is 3. The molecule has 2 aliphatic rings. The van der Waals surface area contributed by atoms with Crippen LogP contribution in [0, 0.1) is 10.1 Å². The highest BCUT2D eigenvalue weighted by molar-refractivity contribution is 8.16. The maximum atomic E-state index is 10.7. The summed E-state index contributed by atoms with van der Waals surface area (Å²) in [5.41, 5.74) is 2.01. The number of aliphatic imine (C=N–C) groups is 1. The standard InChI is InChI=1S/C11H9N3O2S/c15-14(16)9-3-1-2-8(6-9)10-7-17-11-12-4-5-13(10)11/h1-3,6-7H,4-5H2. The zero-order valence-electron chi connectivity index (χ0n) is 8.87. The van der Waals surface area contributed by atoms with Crippen LogP contribution in [-0.4, -0.2) is 28.1 Å². The summed E-state index contributed by atoms with van der Waals surface area (Å²) in [6, 6.07) is 6.71. The molecule has 86 valence electrons. The fourth-order valence-corrected chi connectivity index (χ4v) is 2.89. The van der Waals surface area contributed by atoms with E-state index in [1.54, 1.807) is 23.9 Å². The van der Waals surface area contributed by atoms with E-state index in [1.807, 2.05) is 11.5 Å². The number of fused-ring (bicyclic) bond motifs is 1. The molecule has 0 radical (unpaired) electrons. The van der Waals surface area contributed by atoms with Crippen LogP contribution in [0.4, 0.5) is 5.69 Å². The highest BCUT2D eigenvalue weighted by Gasteiger charge is 2.27. The van der Waals surface area contributed by atoms with E-state index in [1.165, 1.54) is 6.07 Å². The number of non-ortho nitro benzene ring substituents is 1. The molecular formula is C11H9N3O2S. The van der Waals surface area contributed by atoms with Crippen molar-refractivity contribution >= 4 is 28.3 Å². The molecule has 0 unspecified atom stereocenters. The van der Waals surface area contributed by atoms with Gasteiger partial charge in [0, 0.05) is 29.6 Å². The lowest BCUT2D eigenvalue weighted by Gasteiger charge is -2.16. The molecule has 0 aromatic heterocycles. The minimum absolute atomic E-state index is 0.123. The van der Waals surface area contributed by atoms with Crippen molar-refractivity contribution in [2.45, 2.75) is 0 Å². The van der Waals surface area contributed by atoms with Gasteiger partial charge < -0.3 is 4.90 Å². The Morgan fingerprint density at radius 2 is 2.35 bits per heavy atom. The number of thioether (sulfide) groups is 1. The van der Waals surface area contributed by atoms with Crippen LogP contribution in [0.1, 0.15) is 5.56 Å². The van der Waals surface area contributed by atoms with Gasteiger partial charge in [0.05, 0.1) is 17.2 Å². The lowest BCUT2D eigenvalue weighted by molar-refractivity contribution is -0.384. The van der Waals surface area contributed by atoms with Gasteiger partial charge >= 0.3 is 0 Å². The Morgan fingerprint density at radius 3 is 3.18 bits per heavy atom. The Kier molecular flexibility index (Phi) is 2.36. The molecule has 0 saturated carbocycles. The first kappa shape index (κ1) is 10.3. The number of hydrogen-bond acceptors (Lipinski definition) is 5. The van der Waals surface area contributed by atoms with Crippen molar-refractivity contribution in [1.82, 2.24) is 4.90 Å². The smallest absolute Gasteiger partial charge is 0.270 e. The van der Waals surface area contributed by atoms with Gasteiger partial charge in [-0.05, 0) is 0 Å². The second-order valence-corrected chi connectivity index (χ2v) is 4.58. The predicted molar refractivity (Wildman–Crippen MR) is 67.7 cm³/mol. The molecule has 0 aliphatic carbocycles. The second-order valence-electron chi connectivity index (χ2n) is 3.74. The first-order valence-corrected chi connectivity index (χ1v) is 6.07. The summed E-state index contributed by atoms with van der Waals surface area (Å²) in [5, 5.41) is 13.7. The molecule has 2 heterocycles. The summed E-state index contributed by atoms with van der Waals surface area (Å²) in [6.07, 6.45) is 0. The maximum absolute atomic E-state index is 10.7. The maximum Gasteiger partial charge on any atom is 0.270 e. The van der Waals surface area contributed by atoms with E-state index >= 15 is 0 Å². The SMILES string of the molecule is O=[N+]([O-])c1cccc(C2=CSC3=NCCN23)c1. The van der Waals surface area contributed by atoms with Gasteiger partial charge in [-0.15, -0.1) is 0 Å². The summed E-state index contributed by atoms with van der Waals surface area (Å²) < 4.78 is 0. The number of hydrogen-bond donors (Lipinski definition) is 0. The molecule has 3 rings (SSSR count). The quantitative estimate of drug-likeness (QED) is 0.594. The predicted octanol–water partition coefficient (Wildman–Crippen LogP) is 2.31. The average Bonchev–Trinajstić information content (AvgIpc) is 2.90. The molecule has 0 fully saturated rings. The van der Waals surface area contributed by atoms with Gasteiger partial charge in [0.25, 0.3) is 5.69 Å². The molecule has 1 aromatic rings. The van der Waals surface area contributed by atoms with Gasteiger partial charge in [-0.25, -0.2) is 0 Å². The minimum Gasteiger partial charge on any atom is -0.318 e. The lowest BCUT2D eigenvalue weighted by Crippen LogP contribution is -2.19. The summed E-state index contributed by atoms with van der Waals surface area (Å²) >= 11 is 1.57. The van der Waals surface area contributed by atoms with Crippen LogP contribution in [0.15, 0.2) is 34.7 Å². The van der Waals surface area contributed by atoms with Crippen molar-refractivity contribution in [2.24, 2.45) is 4.99 Å². The van der Waals surface area contributed by atoms with Gasteiger partial charge in [0.15, 0.2) is 5.17 Å². The molecule has 0 N–H and O–H groups in total. The highest BCUT2D eigenvalue weighted by atomic mass is 32.2. The Hall–Kier alpha value is -1.82. The van der Waals surface area contributed by atoms with Crippen LogP contribution in [-0.2, 0) is 0 Å². The first-order chi connectivity index (χ1) is 8.25. The van der Waals surface area contributed by atoms with Gasteiger partial charge in [-0.2, -0.15) is 0 Å². The first-order valence-electron chi connectivity index (χ1n) is 5.19. The van der Waals surface area contributed by atoms with E-state index < -0.39 is 0 Å². The van der Waals surface area contributed by atoms with Gasteiger partial charge in [-0.3, -0.25) is 15.1 Å². The zero-order chi connectivity index (χ0) is 11.8. The normalized spacial score (nSPS) is 17.8. The Labute approximate surface area is 102 Å². The number of rotatable bonds is 2. The fourth-order valence-electron chi connectivity index (χ4n) is 1.93. The fraction of sp³-hybridized carbons (Fsp3) is 0.182. The summed E-state index contributed by atoms with van der Waals surface area (Å²) in [5.74, 6) is 0. The van der Waals surface area contributed by atoms with Crippen LogP contribution >= 0.6 is 11.8 Å². The Balaban J connectivity index is 1.97. The summed E-state index contributed by atoms with van der Waals surface area (Å²) in [6.45, 7) is 1.66. The van der Waals surface area contributed by atoms with Gasteiger partial charge in [0.1, 0.15) is 0 Å². The van der Waals surface area contributed by atoms with E-state index in [4.69, 9.17) is 0 Å². The molecule has 0 saturated heterocycles. The number of nitro groups is 1. The number of nitro benzene ring substituents is 1. The highest BCUT2D eigenvalue weighted by Crippen LogP contribution is 2.35. The number of benzene rings is 1. The van der Waals surface area contributed by atoms with Crippen molar-refractivity contribution in [3.8, 4) is 0 Å². The monoisotopic (exact) mass is 247 g/mol. The second kappa shape index (κ2) is 3.89. The zero-order valence-corrected chi connectivity index (χ0v) is 9.68. The third-order valence-corrected chi connectivity index (χ3v) is 3.62. The topological polar surface area (TPSA) is 58.7 Å². The van der Waals surface area contributed by atoms with E-state index in [9.17, 15) is 10.1 Å². The van der Waals surface area contributed by atoms with E-state index in [0.29, 0.717) is 0 Å². The average molecular weight is 247 g/mol. The van der Waals surface area contributed by atoms with Crippen LogP contribution < -0.4 is 0 Å². The molecule has 5 nitrogen and oxygen atoms in total. The number of amidine groups is 1. The third kappa shape index (κ3) is 1.70. The summed E-state index contributed by atoms with van der Waals surface area (Å²) in [4.78, 5) is 16.8. The van der Waals surface area contributed by atoms with Crippen molar-refractivity contribution in [3.63, 3.8) is 0 Å². The van der Waals surface area contributed by atoms with Gasteiger partial charge in [-0.1, -0.05) is 23.9 Å². The van der Waals surface area contributed by atoms with Crippen LogP contribution in [0.5, 0.6) is 0 Å². The molecule has 0 spiro atoms. The molecular weight excluding hydrogens is 238 g/mol. The Bertz CT molecular complexity index is 553. The molecule has 0 atom stereocenters. The molecule has 0 amide bonds. The largest absolute Gasteiger partial charge is 0.318 e. The summed E-state index contributed by atoms with van der Waals surface area (Å²) in [7, 11) is 0. The lowest BCUT2D eigenvalue weighted by atomic mass is 10.1. The van der Waals surface area contributed by atoms with Gasteiger partial charge in [0.2, 0.25) is 0 Å². The van der Waals surface area contributed by atoms with Crippen molar-refractivity contribution < 1.29 is 4.92 Å². The molecule has 6 heteroatoms. The van der Waals surface area contributed by atoms with E-state index in [0.717, 1.165) is 29.5 Å². The van der Waals surface area contributed by atoms with Crippen molar-refractivity contribution in [3.05, 3.63) is 45.4 Å². The molecule has 0 bridgehead atoms. The van der Waals surface area contributed by atoms with Crippen molar-refractivity contribution in [1.29, 1.82) is 0 Å².